The van der Waals surface area contributed by atoms with Gasteiger partial charge in [-0.2, -0.15) is 11.8 Å². The second-order valence-electron chi connectivity index (χ2n) is 5.80. The Hall–Kier alpha value is -0.610. The third-order valence-corrected chi connectivity index (χ3v) is 5.64. The maximum absolute atomic E-state index is 14.3. The molecule has 1 aromatic rings. The molecule has 1 unspecified atom stereocenters. The summed E-state index contributed by atoms with van der Waals surface area (Å²) in [7, 11) is 0. The van der Waals surface area contributed by atoms with Gasteiger partial charge in [-0.05, 0) is 37.9 Å². The lowest BCUT2D eigenvalue weighted by atomic mass is 10.0. The van der Waals surface area contributed by atoms with Crippen LogP contribution in [0.5, 0.6) is 0 Å². The molecule has 2 rings (SSSR count). The zero-order chi connectivity index (χ0) is 15.2. The van der Waals surface area contributed by atoms with Gasteiger partial charge in [0, 0.05) is 22.6 Å². The monoisotopic (exact) mass is 313 g/mol. The second-order valence-corrected chi connectivity index (χ2v) is 7.13. The molecule has 0 heterocycles. The predicted molar refractivity (Wildman–Crippen MR) is 86.8 cm³/mol. The summed E-state index contributed by atoms with van der Waals surface area (Å²) in [5, 5.41) is 3.90. The molecule has 1 fully saturated rings. The van der Waals surface area contributed by atoms with Gasteiger partial charge in [0.15, 0.2) is 0 Å². The van der Waals surface area contributed by atoms with Crippen LogP contribution in [0.15, 0.2) is 12.1 Å². The summed E-state index contributed by atoms with van der Waals surface area (Å²) in [6.45, 7) is 4.38. The standard InChI is InChI=1S/C17H25F2NS/c1-3-20-15(11-21-13-7-5-4-6-8-13)16-14(18)10-9-12(2)17(16)19/h9-10,13,15,20H,3-8,11H2,1-2H3. The average Bonchev–Trinajstić information content (AvgIpc) is 2.50. The van der Waals surface area contributed by atoms with E-state index in [2.05, 4.69) is 5.32 Å². The van der Waals surface area contributed by atoms with E-state index in [0.717, 1.165) is 5.75 Å². The van der Waals surface area contributed by atoms with Crippen LogP contribution in [-0.2, 0) is 0 Å². The van der Waals surface area contributed by atoms with Crippen molar-refractivity contribution >= 4 is 11.8 Å². The van der Waals surface area contributed by atoms with Gasteiger partial charge in [0.2, 0.25) is 0 Å². The summed E-state index contributed by atoms with van der Waals surface area (Å²) < 4.78 is 28.4. The molecule has 118 valence electrons. The van der Waals surface area contributed by atoms with Crippen molar-refractivity contribution in [3.63, 3.8) is 0 Å². The zero-order valence-electron chi connectivity index (χ0n) is 12.9. The molecule has 0 amide bonds. The topological polar surface area (TPSA) is 12.0 Å². The minimum Gasteiger partial charge on any atom is -0.309 e. The van der Waals surface area contributed by atoms with Gasteiger partial charge in [-0.3, -0.25) is 0 Å². The number of benzene rings is 1. The van der Waals surface area contributed by atoms with E-state index in [4.69, 9.17) is 0 Å². The van der Waals surface area contributed by atoms with Crippen molar-refractivity contribution in [3.05, 3.63) is 34.9 Å². The molecule has 21 heavy (non-hydrogen) atoms. The van der Waals surface area contributed by atoms with Crippen molar-refractivity contribution in [2.75, 3.05) is 12.3 Å². The van der Waals surface area contributed by atoms with E-state index in [-0.39, 0.29) is 11.6 Å². The SMILES string of the molecule is CCNC(CSC1CCCCC1)c1c(F)ccc(C)c1F. The first-order chi connectivity index (χ1) is 10.1. The van der Waals surface area contributed by atoms with Crippen LogP contribution in [0.3, 0.4) is 0 Å². The fourth-order valence-electron chi connectivity index (χ4n) is 2.95. The summed E-state index contributed by atoms with van der Waals surface area (Å²) in [6.07, 6.45) is 6.38. The number of aryl methyl sites for hydroxylation is 1. The molecule has 1 saturated carbocycles. The number of hydrogen-bond acceptors (Lipinski definition) is 2. The molecular weight excluding hydrogens is 288 g/mol. The van der Waals surface area contributed by atoms with Crippen LogP contribution < -0.4 is 5.32 Å². The fourth-order valence-corrected chi connectivity index (χ4v) is 4.37. The molecule has 0 aromatic heterocycles. The highest BCUT2D eigenvalue weighted by Gasteiger charge is 2.23. The van der Waals surface area contributed by atoms with E-state index < -0.39 is 11.6 Å². The van der Waals surface area contributed by atoms with E-state index in [9.17, 15) is 8.78 Å². The summed E-state index contributed by atoms with van der Waals surface area (Å²) in [5.74, 6) is -0.103. The number of halogens is 2. The van der Waals surface area contributed by atoms with Gasteiger partial charge in [-0.25, -0.2) is 8.78 Å². The quantitative estimate of drug-likeness (QED) is 0.794. The van der Waals surface area contributed by atoms with Gasteiger partial charge in [-0.1, -0.05) is 32.3 Å². The lowest BCUT2D eigenvalue weighted by molar-refractivity contribution is 0.492. The van der Waals surface area contributed by atoms with Crippen LogP contribution >= 0.6 is 11.8 Å². The molecule has 0 radical (unpaired) electrons. The molecule has 0 saturated heterocycles. The molecule has 0 bridgehead atoms. The van der Waals surface area contributed by atoms with Crippen molar-refractivity contribution < 1.29 is 8.78 Å². The van der Waals surface area contributed by atoms with Crippen molar-refractivity contribution in [2.45, 2.75) is 57.2 Å². The van der Waals surface area contributed by atoms with Gasteiger partial charge in [0.05, 0.1) is 0 Å². The van der Waals surface area contributed by atoms with Crippen molar-refractivity contribution in [2.24, 2.45) is 0 Å². The van der Waals surface area contributed by atoms with E-state index >= 15 is 0 Å². The average molecular weight is 313 g/mol. The number of hydrogen-bond donors (Lipinski definition) is 1. The molecule has 1 N–H and O–H groups in total. The van der Waals surface area contributed by atoms with E-state index in [1.807, 2.05) is 18.7 Å². The fraction of sp³-hybridized carbons (Fsp3) is 0.647. The lowest BCUT2D eigenvalue weighted by Gasteiger charge is -2.25. The van der Waals surface area contributed by atoms with Crippen molar-refractivity contribution in [3.8, 4) is 0 Å². The van der Waals surface area contributed by atoms with Crippen LogP contribution in [0.2, 0.25) is 0 Å². The molecule has 0 aliphatic heterocycles. The van der Waals surface area contributed by atoms with E-state index in [0.29, 0.717) is 17.4 Å². The highest BCUT2D eigenvalue weighted by atomic mass is 32.2. The van der Waals surface area contributed by atoms with Crippen LogP contribution in [0.25, 0.3) is 0 Å². The summed E-state index contributed by atoms with van der Waals surface area (Å²) in [6, 6.07) is 2.64. The molecule has 1 nitrogen and oxygen atoms in total. The van der Waals surface area contributed by atoms with Gasteiger partial charge in [-0.15, -0.1) is 0 Å². The Morgan fingerprint density at radius 3 is 2.62 bits per heavy atom. The van der Waals surface area contributed by atoms with Crippen LogP contribution in [0.4, 0.5) is 8.78 Å². The molecule has 1 atom stereocenters. The van der Waals surface area contributed by atoms with E-state index in [1.54, 1.807) is 6.92 Å². The Morgan fingerprint density at radius 1 is 1.24 bits per heavy atom. The molecule has 1 aromatic carbocycles. The zero-order valence-corrected chi connectivity index (χ0v) is 13.7. The Morgan fingerprint density at radius 2 is 1.95 bits per heavy atom. The molecule has 1 aliphatic rings. The van der Waals surface area contributed by atoms with Gasteiger partial charge in [0.1, 0.15) is 11.6 Å². The normalized spacial score (nSPS) is 17.9. The predicted octanol–water partition coefficient (Wildman–Crippen LogP) is 4.99. The van der Waals surface area contributed by atoms with Crippen LogP contribution in [0, 0.1) is 18.6 Å². The first kappa shape index (κ1) is 16.8. The molecule has 1 aliphatic carbocycles. The van der Waals surface area contributed by atoms with Gasteiger partial charge in [0.25, 0.3) is 0 Å². The first-order valence-corrected chi connectivity index (χ1v) is 8.97. The lowest BCUT2D eigenvalue weighted by Crippen LogP contribution is -2.26. The smallest absolute Gasteiger partial charge is 0.133 e. The molecule has 4 heteroatoms. The minimum absolute atomic E-state index is 0.208. The minimum atomic E-state index is -0.437. The Labute approximate surface area is 130 Å². The van der Waals surface area contributed by atoms with Gasteiger partial charge >= 0.3 is 0 Å². The highest BCUT2D eigenvalue weighted by molar-refractivity contribution is 7.99. The summed E-state index contributed by atoms with van der Waals surface area (Å²) >= 11 is 1.87. The Balaban J connectivity index is 2.09. The van der Waals surface area contributed by atoms with E-state index in [1.165, 1.54) is 44.2 Å². The van der Waals surface area contributed by atoms with Gasteiger partial charge < -0.3 is 5.32 Å². The highest BCUT2D eigenvalue weighted by Crippen LogP contribution is 2.32. The number of thioether (sulfide) groups is 1. The largest absolute Gasteiger partial charge is 0.309 e. The Kier molecular flexibility index (Phi) is 6.49. The number of rotatable bonds is 6. The van der Waals surface area contributed by atoms with Crippen molar-refractivity contribution in [1.82, 2.24) is 5.32 Å². The third-order valence-electron chi connectivity index (χ3n) is 4.17. The van der Waals surface area contributed by atoms with Crippen LogP contribution in [0.1, 0.15) is 56.2 Å². The summed E-state index contributed by atoms with van der Waals surface area (Å²) in [5.41, 5.74) is 0.720. The first-order valence-electron chi connectivity index (χ1n) is 7.93. The Bertz CT molecular complexity index is 458. The number of nitrogens with one attached hydrogen (secondary N) is 1. The second kappa shape index (κ2) is 8.14. The maximum Gasteiger partial charge on any atom is 0.133 e. The molecule has 0 spiro atoms. The van der Waals surface area contributed by atoms with Crippen molar-refractivity contribution in [1.29, 1.82) is 0 Å². The molecular formula is C17H25F2NS. The van der Waals surface area contributed by atoms with Crippen LogP contribution in [-0.4, -0.2) is 17.5 Å². The maximum atomic E-state index is 14.3. The third kappa shape index (κ3) is 4.43. The summed E-state index contributed by atoms with van der Waals surface area (Å²) in [4.78, 5) is 0.